The lowest BCUT2D eigenvalue weighted by atomic mass is 10.1. The zero-order valence-corrected chi connectivity index (χ0v) is 11.7. The van der Waals surface area contributed by atoms with Gasteiger partial charge in [-0.15, -0.1) is 0 Å². The molecule has 0 saturated carbocycles. The largest absolute Gasteiger partial charge is 0.395 e. The zero-order valence-electron chi connectivity index (χ0n) is 11.7. The summed E-state index contributed by atoms with van der Waals surface area (Å²) in [6.07, 6.45) is 3.96. The Morgan fingerprint density at radius 3 is 2.67 bits per heavy atom. The predicted molar refractivity (Wildman–Crippen MR) is 72.6 cm³/mol. The molecular formula is C13H27N3O2. The first-order valence-corrected chi connectivity index (χ1v) is 6.95. The average molecular weight is 257 g/mol. The molecule has 1 unspecified atom stereocenters. The van der Waals surface area contributed by atoms with Gasteiger partial charge in [-0.2, -0.15) is 0 Å². The van der Waals surface area contributed by atoms with Gasteiger partial charge in [0.1, 0.15) is 0 Å². The van der Waals surface area contributed by atoms with Gasteiger partial charge in [-0.05, 0) is 31.8 Å². The SMILES string of the molecule is CC(CNC(=O)N(C)CCO)CN1CCCCC1. The van der Waals surface area contributed by atoms with E-state index in [1.54, 1.807) is 7.05 Å². The fraction of sp³-hybridized carbons (Fsp3) is 0.923. The van der Waals surface area contributed by atoms with Crippen LogP contribution in [0.3, 0.4) is 0 Å². The first-order chi connectivity index (χ1) is 8.63. The first kappa shape index (κ1) is 15.2. The highest BCUT2D eigenvalue weighted by atomic mass is 16.3. The number of urea groups is 1. The van der Waals surface area contributed by atoms with Crippen LogP contribution in [0.25, 0.3) is 0 Å². The molecular weight excluding hydrogens is 230 g/mol. The van der Waals surface area contributed by atoms with Crippen molar-refractivity contribution in [3.8, 4) is 0 Å². The Hall–Kier alpha value is -0.810. The number of rotatable bonds is 6. The lowest BCUT2D eigenvalue weighted by Crippen LogP contribution is -2.42. The van der Waals surface area contributed by atoms with Crippen molar-refractivity contribution in [2.24, 2.45) is 5.92 Å². The van der Waals surface area contributed by atoms with Crippen molar-refractivity contribution >= 4 is 6.03 Å². The van der Waals surface area contributed by atoms with E-state index in [-0.39, 0.29) is 12.6 Å². The summed E-state index contributed by atoms with van der Waals surface area (Å²) >= 11 is 0. The van der Waals surface area contributed by atoms with Crippen molar-refractivity contribution in [3.05, 3.63) is 0 Å². The molecule has 0 bridgehead atoms. The number of nitrogens with zero attached hydrogens (tertiary/aromatic N) is 2. The highest BCUT2D eigenvalue weighted by molar-refractivity contribution is 5.73. The van der Waals surface area contributed by atoms with Crippen molar-refractivity contribution in [2.45, 2.75) is 26.2 Å². The molecule has 0 aromatic heterocycles. The minimum Gasteiger partial charge on any atom is -0.395 e. The van der Waals surface area contributed by atoms with Crippen LogP contribution >= 0.6 is 0 Å². The van der Waals surface area contributed by atoms with E-state index in [0.29, 0.717) is 19.0 Å². The molecule has 1 aliphatic rings. The van der Waals surface area contributed by atoms with Gasteiger partial charge in [0, 0.05) is 26.7 Å². The van der Waals surface area contributed by atoms with Crippen LogP contribution in [0.5, 0.6) is 0 Å². The maximum Gasteiger partial charge on any atom is 0.317 e. The Balaban J connectivity index is 2.15. The molecule has 5 heteroatoms. The number of likely N-dealkylation sites (N-methyl/N-ethyl adjacent to an activating group) is 1. The Bertz CT molecular complexity index is 242. The Kier molecular flexibility index (Phi) is 7.05. The standard InChI is InChI=1S/C13H27N3O2/c1-12(11-16-6-4-3-5-7-16)10-14-13(18)15(2)8-9-17/h12,17H,3-11H2,1-2H3,(H,14,18). The number of aliphatic hydroxyl groups is 1. The summed E-state index contributed by atoms with van der Waals surface area (Å²) in [6, 6.07) is -0.102. The lowest BCUT2D eigenvalue weighted by molar-refractivity contribution is 0.181. The van der Waals surface area contributed by atoms with E-state index >= 15 is 0 Å². The van der Waals surface area contributed by atoms with E-state index in [2.05, 4.69) is 17.1 Å². The number of carbonyl (C=O) groups is 1. The number of nitrogens with one attached hydrogen (secondary N) is 1. The van der Waals surface area contributed by atoms with E-state index in [0.717, 1.165) is 6.54 Å². The molecule has 1 saturated heterocycles. The van der Waals surface area contributed by atoms with Crippen molar-refractivity contribution in [1.29, 1.82) is 0 Å². The van der Waals surface area contributed by atoms with Crippen molar-refractivity contribution in [1.82, 2.24) is 15.1 Å². The molecule has 5 nitrogen and oxygen atoms in total. The second-order valence-electron chi connectivity index (χ2n) is 5.30. The van der Waals surface area contributed by atoms with Crippen LogP contribution in [0.4, 0.5) is 4.79 Å². The molecule has 1 aliphatic heterocycles. The zero-order chi connectivity index (χ0) is 13.4. The van der Waals surface area contributed by atoms with E-state index in [1.807, 2.05) is 0 Å². The lowest BCUT2D eigenvalue weighted by Gasteiger charge is -2.29. The first-order valence-electron chi connectivity index (χ1n) is 6.95. The minimum absolute atomic E-state index is 0.00719. The number of hydrogen-bond donors (Lipinski definition) is 2. The van der Waals surface area contributed by atoms with Crippen LogP contribution in [-0.4, -0.2) is 67.3 Å². The molecule has 1 fully saturated rings. The van der Waals surface area contributed by atoms with Crippen molar-refractivity contribution < 1.29 is 9.90 Å². The second-order valence-corrected chi connectivity index (χ2v) is 5.30. The summed E-state index contributed by atoms with van der Waals surface area (Å²) < 4.78 is 0. The normalized spacial score (nSPS) is 18.4. The minimum atomic E-state index is -0.102. The topological polar surface area (TPSA) is 55.8 Å². The molecule has 1 rings (SSSR count). The van der Waals surface area contributed by atoms with Crippen LogP contribution in [0.15, 0.2) is 0 Å². The van der Waals surface area contributed by atoms with E-state index < -0.39 is 0 Å². The molecule has 0 spiro atoms. The van der Waals surface area contributed by atoms with E-state index in [9.17, 15) is 4.79 Å². The number of hydrogen-bond acceptors (Lipinski definition) is 3. The summed E-state index contributed by atoms with van der Waals surface area (Å²) in [5, 5.41) is 11.7. The van der Waals surface area contributed by atoms with Crippen molar-refractivity contribution in [2.75, 3.05) is 46.4 Å². The quantitative estimate of drug-likeness (QED) is 0.738. The number of carbonyl (C=O) groups excluding carboxylic acids is 1. The predicted octanol–water partition coefficient (Wildman–Crippen LogP) is 0.742. The summed E-state index contributed by atoms with van der Waals surface area (Å²) in [7, 11) is 1.70. The molecule has 0 aromatic rings. The summed E-state index contributed by atoms with van der Waals surface area (Å²) in [5.74, 6) is 0.467. The van der Waals surface area contributed by atoms with Gasteiger partial charge in [-0.3, -0.25) is 0 Å². The Morgan fingerprint density at radius 1 is 1.39 bits per heavy atom. The van der Waals surface area contributed by atoms with Gasteiger partial charge in [-0.25, -0.2) is 4.79 Å². The summed E-state index contributed by atoms with van der Waals surface area (Å²) in [6.45, 7) is 6.71. The summed E-state index contributed by atoms with van der Waals surface area (Å²) in [5.41, 5.74) is 0. The Labute approximate surface area is 110 Å². The van der Waals surface area contributed by atoms with Gasteiger partial charge in [-0.1, -0.05) is 13.3 Å². The monoisotopic (exact) mass is 257 g/mol. The smallest absolute Gasteiger partial charge is 0.317 e. The number of piperidine rings is 1. The van der Waals surface area contributed by atoms with E-state index in [4.69, 9.17) is 5.11 Å². The van der Waals surface area contributed by atoms with Gasteiger partial charge in [0.15, 0.2) is 0 Å². The third kappa shape index (κ3) is 5.69. The molecule has 0 aliphatic carbocycles. The Morgan fingerprint density at radius 2 is 2.06 bits per heavy atom. The molecule has 2 N–H and O–H groups in total. The summed E-state index contributed by atoms with van der Waals surface area (Å²) in [4.78, 5) is 15.6. The molecule has 0 radical (unpaired) electrons. The van der Waals surface area contributed by atoms with Crippen LogP contribution < -0.4 is 5.32 Å². The molecule has 0 aromatic carbocycles. The van der Waals surface area contributed by atoms with Gasteiger partial charge in [0.2, 0.25) is 0 Å². The maximum atomic E-state index is 11.6. The number of likely N-dealkylation sites (tertiary alicyclic amines) is 1. The highest BCUT2D eigenvalue weighted by Crippen LogP contribution is 2.10. The van der Waals surface area contributed by atoms with Crippen molar-refractivity contribution in [3.63, 3.8) is 0 Å². The van der Waals surface area contributed by atoms with Crippen LogP contribution in [0, 0.1) is 5.92 Å². The van der Waals surface area contributed by atoms with Gasteiger partial charge >= 0.3 is 6.03 Å². The average Bonchev–Trinajstić information content (AvgIpc) is 2.37. The third-order valence-electron chi connectivity index (χ3n) is 3.40. The fourth-order valence-corrected chi connectivity index (χ4v) is 2.30. The third-order valence-corrected chi connectivity index (χ3v) is 3.40. The second kappa shape index (κ2) is 8.32. The number of amides is 2. The van der Waals surface area contributed by atoms with Gasteiger partial charge < -0.3 is 20.2 Å². The van der Waals surface area contributed by atoms with Gasteiger partial charge in [0.05, 0.1) is 6.61 Å². The van der Waals surface area contributed by atoms with Gasteiger partial charge in [0.25, 0.3) is 0 Å². The maximum absolute atomic E-state index is 11.6. The molecule has 2 amide bonds. The molecule has 1 heterocycles. The molecule has 106 valence electrons. The number of aliphatic hydroxyl groups excluding tert-OH is 1. The van der Waals surface area contributed by atoms with Crippen LogP contribution in [0.2, 0.25) is 0 Å². The van der Waals surface area contributed by atoms with Crippen LogP contribution in [0.1, 0.15) is 26.2 Å². The molecule has 1 atom stereocenters. The van der Waals surface area contributed by atoms with Crippen LogP contribution in [-0.2, 0) is 0 Å². The highest BCUT2D eigenvalue weighted by Gasteiger charge is 2.14. The molecule has 18 heavy (non-hydrogen) atoms. The fourth-order valence-electron chi connectivity index (χ4n) is 2.30. The van der Waals surface area contributed by atoms with E-state index in [1.165, 1.54) is 37.3 Å².